The maximum Gasteiger partial charge on any atom is 0.251 e. The fraction of sp³-hybridized carbons (Fsp3) is 0.304. The molecule has 174 valence electrons. The minimum absolute atomic E-state index is 0.0505. The maximum absolute atomic E-state index is 12.8. The molecule has 4 rings (SSSR count). The molecule has 1 aliphatic heterocycles. The largest absolute Gasteiger partial charge is 0.377 e. The van der Waals surface area contributed by atoms with Crippen molar-refractivity contribution in [3.8, 4) is 5.69 Å². The molecule has 0 bridgehead atoms. The predicted molar refractivity (Wildman–Crippen MR) is 125 cm³/mol. The van der Waals surface area contributed by atoms with Crippen molar-refractivity contribution in [1.29, 1.82) is 0 Å². The minimum Gasteiger partial charge on any atom is -0.377 e. The number of sulfonamides is 1. The van der Waals surface area contributed by atoms with Gasteiger partial charge in [-0.25, -0.2) is 18.1 Å². The van der Waals surface area contributed by atoms with E-state index in [0.717, 1.165) is 24.1 Å². The van der Waals surface area contributed by atoms with Crippen LogP contribution in [0.5, 0.6) is 0 Å². The first-order valence-electron chi connectivity index (χ1n) is 10.6. The van der Waals surface area contributed by atoms with Crippen LogP contribution in [0.1, 0.15) is 41.7 Å². The van der Waals surface area contributed by atoms with Gasteiger partial charge in [0.15, 0.2) is 0 Å². The number of hydrogen-bond donors (Lipinski definition) is 2. The number of nitrogens with one attached hydrogen (secondary N) is 2. The van der Waals surface area contributed by atoms with Gasteiger partial charge < -0.3 is 14.6 Å². The summed E-state index contributed by atoms with van der Waals surface area (Å²) in [6.07, 6.45) is 6.83. The van der Waals surface area contributed by atoms with Crippen LogP contribution in [0.15, 0.2) is 66.1 Å². The van der Waals surface area contributed by atoms with E-state index in [1.165, 1.54) is 18.2 Å². The van der Waals surface area contributed by atoms with Crippen molar-refractivity contribution in [2.75, 3.05) is 13.2 Å². The third-order valence-corrected chi connectivity index (χ3v) is 7.46. The Morgan fingerprint density at radius 2 is 2.06 bits per heavy atom. The van der Waals surface area contributed by atoms with Crippen molar-refractivity contribution < 1.29 is 17.9 Å². The second kappa shape index (κ2) is 10.0. The third kappa shape index (κ3) is 5.62. The highest BCUT2D eigenvalue weighted by molar-refractivity contribution is 7.89. The molecule has 1 amide bonds. The number of carbonyl (C=O) groups is 1. The van der Waals surface area contributed by atoms with Crippen LogP contribution in [0.4, 0.5) is 0 Å². The van der Waals surface area contributed by atoms with Crippen molar-refractivity contribution in [2.24, 2.45) is 0 Å². The standard InChI is InChI=1S/C23H25ClN4O4S/c1-16(17-4-7-19(8-5-17)28-11-10-25-15-28)27-23(29)18-6-9-21(24)22(13-18)33(30,31)26-14-20-3-2-12-32-20/h4-11,13,15-16,20,26H,2-3,12,14H2,1H3,(H,27,29)/t16-,20+/m1/s1. The van der Waals surface area contributed by atoms with E-state index in [4.69, 9.17) is 16.3 Å². The summed E-state index contributed by atoms with van der Waals surface area (Å²) in [4.78, 5) is 16.7. The molecule has 10 heteroatoms. The minimum atomic E-state index is -3.89. The molecular formula is C23H25ClN4O4S. The molecule has 0 saturated carbocycles. The Kier molecular flexibility index (Phi) is 7.14. The smallest absolute Gasteiger partial charge is 0.251 e. The third-order valence-electron chi connectivity index (χ3n) is 5.55. The second-order valence-corrected chi connectivity index (χ2v) is 10.0. The van der Waals surface area contributed by atoms with Gasteiger partial charge in [0.1, 0.15) is 4.90 Å². The number of rotatable bonds is 8. The van der Waals surface area contributed by atoms with Gasteiger partial charge >= 0.3 is 0 Å². The summed E-state index contributed by atoms with van der Waals surface area (Å²) < 4.78 is 35.4. The van der Waals surface area contributed by atoms with Crippen molar-refractivity contribution in [1.82, 2.24) is 19.6 Å². The summed E-state index contributed by atoms with van der Waals surface area (Å²) in [5.41, 5.74) is 2.07. The Labute approximate surface area is 198 Å². The van der Waals surface area contributed by atoms with Crippen LogP contribution in [0, 0.1) is 0 Å². The lowest BCUT2D eigenvalue weighted by molar-refractivity contribution is 0.0939. The van der Waals surface area contributed by atoms with Crippen LogP contribution < -0.4 is 10.0 Å². The molecule has 2 atom stereocenters. The number of benzene rings is 2. The summed E-state index contributed by atoms with van der Waals surface area (Å²) in [5.74, 6) is -0.395. The average molecular weight is 489 g/mol. The molecule has 33 heavy (non-hydrogen) atoms. The monoisotopic (exact) mass is 488 g/mol. The highest BCUT2D eigenvalue weighted by Gasteiger charge is 2.24. The SMILES string of the molecule is C[C@@H](NC(=O)c1ccc(Cl)c(S(=O)(=O)NC[C@@H]2CCCO2)c1)c1ccc(-n2ccnc2)cc1. The maximum atomic E-state index is 12.8. The molecule has 1 saturated heterocycles. The molecule has 2 aromatic carbocycles. The van der Waals surface area contributed by atoms with Gasteiger partial charge in [0, 0.05) is 36.8 Å². The van der Waals surface area contributed by atoms with Crippen LogP contribution in [0.2, 0.25) is 5.02 Å². The summed E-state index contributed by atoms with van der Waals surface area (Å²) in [6, 6.07) is 11.7. The Morgan fingerprint density at radius 1 is 1.27 bits per heavy atom. The van der Waals surface area contributed by atoms with E-state index in [1.807, 2.05) is 42.0 Å². The Morgan fingerprint density at radius 3 is 2.73 bits per heavy atom. The number of amides is 1. The number of aromatic nitrogens is 2. The van der Waals surface area contributed by atoms with E-state index in [-0.39, 0.29) is 34.2 Å². The highest BCUT2D eigenvalue weighted by atomic mass is 35.5. The van der Waals surface area contributed by atoms with Crippen molar-refractivity contribution in [3.05, 3.63) is 77.3 Å². The molecule has 1 aliphatic rings. The average Bonchev–Trinajstić information content (AvgIpc) is 3.52. The molecule has 0 spiro atoms. The van der Waals surface area contributed by atoms with Crippen molar-refractivity contribution in [3.63, 3.8) is 0 Å². The summed E-state index contributed by atoms with van der Waals surface area (Å²) in [5, 5.41) is 2.96. The van der Waals surface area contributed by atoms with Gasteiger partial charge in [-0.2, -0.15) is 0 Å². The number of hydrogen-bond acceptors (Lipinski definition) is 5. The van der Waals surface area contributed by atoms with Crippen LogP contribution in [0.25, 0.3) is 5.69 Å². The summed E-state index contributed by atoms with van der Waals surface area (Å²) in [6.45, 7) is 2.66. The van der Waals surface area contributed by atoms with Gasteiger partial charge in [0.2, 0.25) is 10.0 Å². The van der Waals surface area contributed by atoms with E-state index < -0.39 is 15.9 Å². The zero-order valence-electron chi connectivity index (χ0n) is 18.1. The number of halogens is 1. The summed E-state index contributed by atoms with van der Waals surface area (Å²) >= 11 is 6.15. The molecule has 1 aromatic heterocycles. The van der Waals surface area contributed by atoms with Crippen molar-refractivity contribution >= 4 is 27.5 Å². The Bertz CT molecular complexity index is 1210. The molecule has 1 fully saturated rings. The van der Waals surface area contributed by atoms with E-state index in [1.54, 1.807) is 12.5 Å². The molecule has 2 N–H and O–H groups in total. The molecule has 8 nitrogen and oxygen atoms in total. The van der Waals surface area contributed by atoms with Gasteiger partial charge in [0.25, 0.3) is 5.91 Å². The number of imidazole rings is 1. The quantitative estimate of drug-likeness (QED) is 0.505. The zero-order valence-corrected chi connectivity index (χ0v) is 19.6. The topological polar surface area (TPSA) is 102 Å². The fourth-order valence-electron chi connectivity index (χ4n) is 3.65. The molecule has 0 unspecified atom stereocenters. The van der Waals surface area contributed by atoms with E-state index >= 15 is 0 Å². The van der Waals surface area contributed by atoms with Gasteiger partial charge in [0.05, 0.1) is 23.5 Å². The molecule has 0 radical (unpaired) electrons. The van der Waals surface area contributed by atoms with Gasteiger partial charge in [-0.3, -0.25) is 4.79 Å². The number of ether oxygens (including phenoxy) is 1. The van der Waals surface area contributed by atoms with Crippen LogP contribution in [-0.4, -0.2) is 43.1 Å². The van der Waals surface area contributed by atoms with Crippen molar-refractivity contribution in [2.45, 2.75) is 36.8 Å². The first-order chi connectivity index (χ1) is 15.8. The lowest BCUT2D eigenvalue weighted by Crippen LogP contribution is -2.32. The van der Waals surface area contributed by atoms with E-state index in [9.17, 15) is 13.2 Å². The second-order valence-electron chi connectivity index (χ2n) is 7.89. The predicted octanol–water partition coefficient (Wildman–Crippen LogP) is 3.47. The van der Waals surface area contributed by atoms with Crippen LogP contribution >= 0.6 is 11.6 Å². The van der Waals surface area contributed by atoms with Crippen LogP contribution in [0.3, 0.4) is 0 Å². The summed E-state index contributed by atoms with van der Waals surface area (Å²) in [7, 11) is -3.89. The molecule has 2 heterocycles. The van der Waals surface area contributed by atoms with Gasteiger partial charge in [-0.15, -0.1) is 0 Å². The van der Waals surface area contributed by atoms with Gasteiger partial charge in [-0.05, 0) is 55.7 Å². The highest BCUT2D eigenvalue weighted by Crippen LogP contribution is 2.24. The molecular weight excluding hydrogens is 464 g/mol. The van der Waals surface area contributed by atoms with E-state index in [2.05, 4.69) is 15.0 Å². The first-order valence-corrected chi connectivity index (χ1v) is 12.5. The zero-order chi connectivity index (χ0) is 23.4. The Hall–Kier alpha value is -2.72. The Balaban J connectivity index is 1.44. The van der Waals surface area contributed by atoms with E-state index in [0.29, 0.717) is 6.61 Å². The number of nitrogens with zero attached hydrogens (tertiary/aromatic N) is 2. The lowest BCUT2D eigenvalue weighted by Gasteiger charge is -2.16. The first kappa shape index (κ1) is 23.4. The van der Waals surface area contributed by atoms with Gasteiger partial charge in [-0.1, -0.05) is 23.7 Å². The lowest BCUT2D eigenvalue weighted by atomic mass is 10.1. The molecule has 3 aromatic rings. The normalized spacial score (nSPS) is 17.1. The fourth-order valence-corrected chi connectivity index (χ4v) is 5.24. The molecule has 0 aliphatic carbocycles. The number of carbonyl (C=O) groups excluding carboxylic acids is 1. The van der Waals surface area contributed by atoms with Crippen LogP contribution in [-0.2, 0) is 14.8 Å².